The second-order valence-corrected chi connectivity index (χ2v) is 4.14. The minimum atomic E-state index is -0.888. The molecular weight excluding hydrogens is 240 g/mol. The highest BCUT2D eigenvalue weighted by atomic mass is 16.5. The summed E-state index contributed by atoms with van der Waals surface area (Å²) in [5.41, 5.74) is 0. The fourth-order valence-corrected chi connectivity index (χ4v) is 1.87. The molecule has 0 spiro atoms. The van der Waals surface area contributed by atoms with Gasteiger partial charge in [0.15, 0.2) is 0 Å². The van der Waals surface area contributed by atoms with Gasteiger partial charge in [0.25, 0.3) is 0 Å². The van der Waals surface area contributed by atoms with Crippen molar-refractivity contribution in [2.24, 2.45) is 5.92 Å². The molecule has 1 atom stereocenters. The minimum absolute atomic E-state index is 0.111. The van der Waals surface area contributed by atoms with Crippen molar-refractivity contribution in [3.05, 3.63) is 0 Å². The van der Waals surface area contributed by atoms with Gasteiger partial charge in [-0.2, -0.15) is 0 Å². The lowest BCUT2D eigenvalue weighted by Gasteiger charge is -2.25. The van der Waals surface area contributed by atoms with Crippen molar-refractivity contribution in [3.8, 4) is 0 Å². The van der Waals surface area contributed by atoms with Crippen LogP contribution in [0, 0.1) is 5.92 Å². The maximum Gasteiger partial charge on any atom is 0.325 e. The van der Waals surface area contributed by atoms with Crippen LogP contribution in [0.15, 0.2) is 0 Å². The van der Waals surface area contributed by atoms with E-state index < -0.39 is 17.9 Å². The zero-order chi connectivity index (χ0) is 13.7. The summed E-state index contributed by atoms with van der Waals surface area (Å²) in [6, 6.07) is -0.313. The Balaban J connectivity index is 2.57. The van der Waals surface area contributed by atoms with Crippen LogP contribution in [0.1, 0.15) is 13.3 Å². The van der Waals surface area contributed by atoms with Gasteiger partial charge in [-0.1, -0.05) is 0 Å². The Labute approximate surface area is 105 Å². The monoisotopic (exact) mass is 258 g/mol. The molecule has 1 aliphatic rings. The molecule has 1 saturated heterocycles. The second-order valence-electron chi connectivity index (χ2n) is 4.14. The van der Waals surface area contributed by atoms with Gasteiger partial charge in [0.2, 0.25) is 0 Å². The van der Waals surface area contributed by atoms with Gasteiger partial charge < -0.3 is 19.6 Å². The van der Waals surface area contributed by atoms with Crippen LogP contribution >= 0.6 is 0 Å². The van der Waals surface area contributed by atoms with Crippen molar-refractivity contribution < 1.29 is 24.2 Å². The number of ether oxygens (including phenoxy) is 1. The van der Waals surface area contributed by atoms with E-state index in [-0.39, 0.29) is 19.1 Å². The van der Waals surface area contributed by atoms with Crippen LogP contribution in [0.5, 0.6) is 0 Å². The van der Waals surface area contributed by atoms with Crippen LogP contribution in [0.4, 0.5) is 4.79 Å². The molecule has 1 heterocycles. The Kier molecular flexibility index (Phi) is 4.94. The molecule has 1 fully saturated rings. The van der Waals surface area contributed by atoms with Crippen molar-refractivity contribution in [1.82, 2.24) is 9.80 Å². The molecule has 7 heteroatoms. The average molecular weight is 258 g/mol. The first-order valence-electron chi connectivity index (χ1n) is 5.83. The van der Waals surface area contributed by atoms with E-state index in [1.807, 2.05) is 0 Å². The zero-order valence-corrected chi connectivity index (χ0v) is 10.6. The number of likely N-dealkylation sites (N-methyl/N-ethyl adjacent to an activating group) is 1. The molecule has 1 aliphatic heterocycles. The topological polar surface area (TPSA) is 87.2 Å². The van der Waals surface area contributed by atoms with Crippen LogP contribution in [0.2, 0.25) is 0 Å². The normalized spacial score (nSPS) is 18.6. The highest BCUT2D eigenvalue weighted by Gasteiger charge is 2.33. The van der Waals surface area contributed by atoms with E-state index in [0.29, 0.717) is 19.5 Å². The van der Waals surface area contributed by atoms with Gasteiger partial charge in [0, 0.05) is 19.6 Å². The standard InChI is InChI=1S/C11H18N2O5/c1-3-12(7-9(14)18-2)11(17)13-5-4-8(6-13)10(15)16/h8H,3-7H2,1-2H3,(H,15,16). The molecule has 18 heavy (non-hydrogen) atoms. The maximum absolute atomic E-state index is 12.0. The van der Waals surface area contributed by atoms with Crippen molar-refractivity contribution in [2.45, 2.75) is 13.3 Å². The van der Waals surface area contributed by atoms with Crippen molar-refractivity contribution in [3.63, 3.8) is 0 Å². The molecule has 0 bridgehead atoms. The number of carboxylic acids is 1. The molecule has 0 aliphatic carbocycles. The summed E-state index contributed by atoms with van der Waals surface area (Å²) in [4.78, 5) is 36.8. The quantitative estimate of drug-likeness (QED) is 0.718. The molecule has 102 valence electrons. The van der Waals surface area contributed by atoms with E-state index in [0.717, 1.165) is 0 Å². The number of rotatable bonds is 4. The Morgan fingerprint density at radius 1 is 1.44 bits per heavy atom. The van der Waals surface area contributed by atoms with Crippen LogP contribution < -0.4 is 0 Å². The lowest BCUT2D eigenvalue weighted by molar-refractivity contribution is -0.142. The number of methoxy groups -OCH3 is 1. The zero-order valence-electron chi connectivity index (χ0n) is 10.6. The lowest BCUT2D eigenvalue weighted by Crippen LogP contribution is -2.44. The number of amides is 2. The number of nitrogens with zero attached hydrogens (tertiary/aromatic N) is 2. The molecule has 0 radical (unpaired) electrons. The molecule has 0 aromatic heterocycles. The summed E-state index contributed by atoms with van der Waals surface area (Å²) in [6.45, 7) is 2.63. The first kappa shape index (κ1) is 14.3. The highest BCUT2D eigenvalue weighted by Crippen LogP contribution is 2.17. The molecule has 2 amide bonds. The Morgan fingerprint density at radius 2 is 2.11 bits per heavy atom. The summed E-state index contributed by atoms with van der Waals surface area (Å²) in [5.74, 6) is -1.88. The Hall–Kier alpha value is -1.79. The van der Waals surface area contributed by atoms with Gasteiger partial charge in [-0.15, -0.1) is 0 Å². The number of carboxylic acid groups (broad SMARTS) is 1. The third-order valence-electron chi connectivity index (χ3n) is 3.01. The number of likely N-dealkylation sites (tertiary alicyclic amines) is 1. The van der Waals surface area contributed by atoms with E-state index in [9.17, 15) is 14.4 Å². The molecule has 1 rings (SSSR count). The molecule has 0 aromatic carbocycles. The summed E-state index contributed by atoms with van der Waals surface area (Å²) < 4.78 is 4.51. The summed E-state index contributed by atoms with van der Waals surface area (Å²) in [6.07, 6.45) is 0.455. The predicted octanol–water partition coefficient (Wildman–Crippen LogP) is 0.00780. The van der Waals surface area contributed by atoms with E-state index >= 15 is 0 Å². The van der Waals surface area contributed by atoms with E-state index in [2.05, 4.69) is 4.74 Å². The van der Waals surface area contributed by atoms with E-state index in [1.165, 1.54) is 16.9 Å². The first-order chi connectivity index (χ1) is 8.49. The van der Waals surface area contributed by atoms with Crippen LogP contribution in [0.25, 0.3) is 0 Å². The van der Waals surface area contributed by atoms with Crippen molar-refractivity contribution >= 4 is 18.0 Å². The lowest BCUT2D eigenvalue weighted by atomic mass is 10.1. The SMILES string of the molecule is CCN(CC(=O)OC)C(=O)N1CCC(C(=O)O)C1. The van der Waals surface area contributed by atoms with Crippen molar-refractivity contribution in [1.29, 1.82) is 0 Å². The minimum Gasteiger partial charge on any atom is -0.481 e. The van der Waals surface area contributed by atoms with Crippen LogP contribution in [-0.2, 0) is 14.3 Å². The van der Waals surface area contributed by atoms with Gasteiger partial charge >= 0.3 is 18.0 Å². The van der Waals surface area contributed by atoms with Gasteiger partial charge in [0.1, 0.15) is 6.54 Å². The molecule has 1 unspecified atom stereocenters. The number of hydrogen-bond donors (Lipinski definition) is 1. The van der Waals surface area contributed by atoms with Crippen molar-refractivity contribution in [2.75, 3.05) is 33.3 Å². The predicted molar refractivity (Wildman–Crippen MR) is 62.0 cm³/mol. The van der Waals surface area contributed by atoms with E-state index in [1.54, 1.807) is 6.92 Å². The molecular formula is C11H18N2O5. The third-order valence-corrected chi connectivity index (χ3v) is 3.01. The number of carbonyl (C=O) groups is 3. The van der Waals surface area contributed by atoms with Gasteiger partial charge in [-0.05, 0) is 13.3 Å². The Bertz CT molecular complexity index is 344. The molecule has 7 nitrogen and oxygen atoms in total. The molecule has 0 saturated carbocycles. The second kappa shape index (κ2) is 6.23. The average Bonchev–Trinajstić information content (AvgIpc) is 2.84. The number of hydrogen-bond acceptors (Lipinski definition) is 4. The summed E-state index contributed by atoms with van der Waals surface area (Å²) in [5, 5.41) is 8.87. The number of urea groups is 1. The third kappa shape index (κ3) is 3.35. The number of esters is 1. The van der Waals surface area contributed by atoms with E-state index in [4.69, 9.17) is 5.11 Å². The van der Waals surface area contributed by atoms with Gasteiger partial charge in [-0.25, -0.2) is 4.79 Å². The smallest absolute Gasteiger partial charge is 0.325 e. The number of carbonyl (C=O) groups excluding carboxylic acids is 2. The fraction of sp³-hybridized carbons (Fsp3) is 0.727. The molecule has 0 aromatic rings. The maximum atomic E-state index is 12.0. The summed E-state index contributed by atoms with van der Waals surface area (Å²) in [7, 11) is 1.26. The summed E-state index contributed by atoms with van der Waals surface area (Å²) >= 11 is 0. The van der Waals surface area contributed by atoms with Crippen LogP contribution in [-0.4, -0.2) is 66.2 Å². The fourth-order valence-electron chi connectivity index (χ4n) is 1.87. The highest BCUT2D eigenvalue weighted by molar-refractivity contribution is 5.82. The van der Waals surface area contributed by atoms with Gasteiger partial charge in [-0.3, -0.25) is 9.59 Å². The Morgan fingerprint density at radius 3 is 2.56 bits per heavy atom. The molecule has 1 N–H and O–H groups in total. The van der Waals surface area contributed by atoms with Crippen LogP contribution in [0.3, 0.4) is 0 Å². The number of aliphatic carboxylic acids is 1. The largest absolute Gasteiger partial charge is 0.481 e. The first-order valence-corrected chi connectivity index (χ1v) is 5.83. The van der Waals surface area contributed by atoms with Gasteiger partial charge in [0.05, 0.1) is 13.0 Å².